The highest BCUT2D eigenvalue weighted by Gasteiger charge is 2.17. The van der Waals surface area contributed by atoms with Gasteiger partial charge in [0.25, 0.3) is 5.95 Å². The highest BCUT2D eigenvalue weighted by molar-refractivity contribution is 6.30. The molecule has 0 saturated carbocycles. The summed E-state index contributed by atoms with van der Waals surface area (Å²) >= 11 is 5.75. The second-order valence-electron chi connectivity index (χ2n) is 4.07. The average molecular weight is 304 g/mol. The SMILES string of the molecule is CC(N)c1nc(N(C)C)nn1-c1ncc(Cl)cn1.Cl. The first-order chi connectivity index (χ1) is 8.49. The van der Waals surface area contributed by atoms with Gasteiger partial charge in [-0.15, -0.1) is 17.5 Å². The Hall–Kier alpha value is -1.44. The van der Waals surface area contributed by atoms with Gasteiger partial charge in [-0.1, -0.05) is 11.6 Å². The van der Waals surface area contributed by atoms with Crippen molar-refractivity contribution in [1.29, 1.82) is 0 Å². The van der Waals surface area contributed by atoms with E-state index in [4.69, 9.17) is 17.3 Å². The van der Waals surface area contributed by atoms with Gasteiger partial charge in [0.15, 0.2) is 5.82 Å². The number of anilines is 1. The lowest BCUT2D eigenvalue weighted by Crippen LogP contribution is -2.15. The van der Waals surface area contributed by atoms with E-state index in [1.165, 1.54) is 17.1 Å². The molecule has 0 saturated heterocycles. The standard InChI is InChI=1S/C10H14ClN7.ClH/c1-6(12)8-15-10(17(2)3)16-18(8)9-13-4-7(11)5-14-9;/h4-6H,12H2,1-3H3;1H. The number of rotatable bonds is 3. The Morgan fingerprint density at radius 3 is 2.37 bits per heavy atom. The largest absolute Gasteiger partial charge is 0.346 e. The van der Waals surface area contributed by atoms with Crippen LogP contribution in [0.25, 0.3) is 5.95 Å². The fraction of sp³-hybridized carbons (Fsp3) is 0.400. The number of halogens is 2. The summed E-state index contributed by atoms with van der Waals surface area (Å²) in [5.41, 5.74) is 5.87. The van der Waals surface area contributed by atoms with Gasteiger partial charge in [0.1, 0.15) is 0 Å². The van der Waals surface area contributed by atoms with Gasteiger partial charge in [0.05, 0.1) is 23.5 Å². The van der Waals surface area contributed by atoms with Gasteiger partial charge in [0.2, 0.25) is 5.95 Å². The monoisotopic (exact) mass is 303 g/mol. The van der Waals surface area contributed by atoms with E-state index in [9.17, 15) is 0 Å². The normalized spacial score (nSPS) is 11.8. The van der Waals surface area contributed by atoms with E-state index in [0.717, 1.165) is 0 Å². The fourth-order valence-corrected chi connectivity index (χ4v) is 1.46. The lowest BCUT2D eigenvalue weighted by atomic mass is 10.3. The lowest BCUT2D eigenvalue weighted by Gasteiger charge is -2.05. The molecule has 0 aromatic carbocycles. The van der Waals surface area contributed by atoms with Gasteiger partial charge in [0, 0.05) is 14.1 Å². The lowest BCUT2D eigenvalue weighted by molar-refractivity contribution is 0.669. The molecule has 9 heteroatoms. The molecule has 0 radical (unpaired) electrons. The first kappa shape index (κ1) is 15.6. The molecule has 7 nitrogen and oxygen atoms in total. The van der Waals surface area contributed by atoms with Crippen molar-refractivity contribution in [3.8, 4) is 5.95 Å². The van der Waals surface area contributed by atoms with E-state index in [2.05, 4.69) is 20.1 Å². The maximum absolute atomic E-state index is 5.87. The molecule has 19 heavy (non-hydrogen) atoms. The van der Waals surface area contributed by atoms with E-state index in [0.29, 0.717) is 22.7 Å². The number of nitrogens with zero attached hydrogens (tertiary/aromatic N) is 6. The molecule has 2 rings (SSSR count). The highest BCUT2D eigenvalue weighted by atomic mass is 35.5. The van der Waals surface area contributed by atoms with Crippen LogP contribution in [0.3, 0.4) is 0 Å². The van der Waals surface area contributed by atoms with Crippen LogP contribution in [0.1, 0.15) is 18.8 Å². The average Bonchev–Trinajstić information content (AvgIpc) is 2.75. The summed E-state index contributed by atoms with van der Waals surface area (Å²) < 4.78 is 1.52. The molecule has 0 fully saturated rings. The summed E-state index contributed by atoms with van der Waals surface area (Å²) in [4.78, 5) is 14.4. The zero-order valence-electron chi connectivity index (χ0n) is 10.8. The van der Waals surface area contributed by atoms with Crippen molar-refractivity contribution in [3.63, 3.8) is 0 Å². The number of nitrogens with two attached hydrogens (primary N) is 1. The van der Waals surface area contributed by atoms with Crippen molar-refractivity contribution in [3.05, 3.63) is 23.2 Å². The van der Waals surface area contributed by atoms with Gasteiger partial charge < -0.3 is 10.6 Å². The third-order valence-electron chi connectivity index (χ3n) is 2.22. The van der Waals surface area contributed by atoms with E-state index >= 15 is 0 Å². The zero-order chi connectivity index (χ0) is 13.3. The quantitative estimate of drug-likeness (QED) is 0.917. The molecule has 0 aliphatic heterocycles. The van der Waals surface area contributed by atoms with Gasteiger partial charge >= 0.3 is 0 Å². The maximum atomic E-state index is 5.87. The van der Waals surface area contributed by atoms with Crippen LogP contribution in [0.2, 0.25) is 5.02 Å². The Morgan fingerprint density at radius 2 is 1.89 bits per heavy atom. The summed E-state index contributed by atoms with van der Waals surface area (Å²) in [5.74, 6) is 1.55. The molecule has 2 aromatic rings. The maximum Gasteiger partial charge on any atom is 0.252 e. The first-order valence-electron chi connectivity index (χ1n) is 5.37. The molecular formula is C10H15Cl2N7. The van der Waals surface area contributed by atoms with Crippen LogP contribution in [-0.4, -0.2) is 38.8 Å². The van der Waals surface area contributed by atoms with Gasteiger partial charge in [-0.25, -0.2) is 9.97 Å². The highest BCUT2D eigenvalue weighted by Crippen LogP contribution is 2.15. The minimum atomic E-state index is -0.273. The van der Waals surface area contributed by atoms with Crippen LogP contribution in [0, 0.1) is 0 Å². The van der Waals surface area contributed by atoms with Crippen LogP contribution in [0.4, 0.5) is 5.95 Å². The second-order valence-corrected chi connectivity index (χ2v) is 4.50. The summed E-state index contributed by atoms with van der Waals surface area (Å²) in [6, 6.07) is -0.273. The molecule has 2 heterocycles. The molecule has 0 amide bonds. The van der Waals surface area contributed by atoms with Crippen molar-refractivity contribution in [1.82, 2.24) is 24.7 Å². The van der Waals surface area contributed by atoms with Crippen LogP contribution in [0.5, 0.6) is 0 Å². The van der Waals surface area contributed by atoms with Crippen molar-refractivity contribution >= 4 is 30.0 Å². The predicted molar refractivity (Wildman–Crippen MR) is 76.1 cm³/mol. The fourth-order valence-electron chi connectivity index (χ4n) is 1.36. The van der Waals surface area contributed by atoms with Gasteiger partial charge in [-0.05, 0) is 6.92 Å². The van der Waals surface area contributed by atoms with Crippen molar-refractivity contribution in [2.24, 2.45) is 5.73 Å². The van der Waals surface area contributed by atoms with Gasteiger partial charge in [-0.2, -0.15) is 9.67 Å². The minimum Gasteiger partial charge on any atom is -0.346 e. The van der Waals surface area contributed by atoms with Crippen molar-refractivity contribution < 1.29 is 0 Å². The molecule has 1 atom stereocenters. The summed E-state index contributed by atoms with van der Waals surface area (Å²) in [6.45, 7) is 1.83. The van der Waals surface area contributed by atoms with Crippen molar-refractivity contribution in [2.75, 3.05) is 19.0 Å². The molecule has 0 bridgehead atoms. The third-order valence-corrected chi connectivity index (χ3v) is 2.42. The zero-order valence-corrected chi connectivity index (χ0v) is 12.4. The van der Waals surface area contributed by atoms with E-state index in [1.54, 1.807) is 4.90 Å². The summed E-state index contributed by atoms with van der Waals surface area (Å²) in [7, 11) is 3.71. The third kappa shape index (κ3) is 3.31. The molecular weight excluding hydrogens is 289 g/mol. The number of hydrogen-bond acceptors (Lipinski definition) is 6. The smallest absolute Gasteiger partial charge is 0.252 e. The van der Waals surface area contributed by atoms with Gasteiger partial charge in [-0.3, -0.25) is 0 Å². The molecule has 1 unspecified atom stereocenters. The van der Waals surface area contributed by atoms with Crippen LogP contribution >= 0.6 is 24.0 Å². The Morgan fingerprint density at radius 1 is 1.32 bits per heavy atom. The Bertz CT molecular complexity index is 535. The van der Waals surface area contributed by atoms with E-state index in [-0.39, 0.29) is 18.4 Å². The Labute approximate surface area is 122 Å². The molecule has 0 aliphatic rings. The molecule has 104 valence electrons. The Balaban J connectivity index is 0.00000180. The van der Waals surface area contributed by atoms with Crippen molar-refractivity contribution in [2.45, 2.75) is 13.0 Å². The summed E-state index contributed by atoms with van der Waals surface area (Å²) in [6.07, 6.45) is 3.01. The minimum absolute atomic E-state index is 0. The number of hydrogen-bond donors (Lipinski definition) is 1. The Kier molecular flexibility index (Phi) is 5.04. The number of aromatic nitrogens is 5. The van der Waals surface area contributed by atoms with Crippen LogP contribution in [0.15, 0.2) is 12.4 Å². The van der Waals surface area contributed by atoms with Crippen LogP contribution < -0.4 is 10.6 Å². The van der Waals surface area contributed by atoms with E-state index in [1.807, 2.05) is 21.0 Å². The second kappa shape index (κ2) is 6.14. The molecule has 0 aliphatic carbocycles. The molecule has 2 N–H and O–H groups in total. The van der Waals surface area contributed by atoms with Crippen LogP contribution in [-0.2, 0) is 0 Å². The topological polar surface area (TPSA) is 85.8 Å². The summed E-state index contributed by atoms with van der Waals surface area (Å²) in [5, 5.41) is 4.78. The molecule has 2 aromatic heterocycles. The van der Waals surface area contributed by atoms with E-state index < -0.39 is 0 Å². The first-order valence-corrected chi connectivity index (χ1v) is 5.74. The predicted octanol–water partition coefficient (Wildman–Crippen LogP) is 1.22. The molecule has 0 spiro atoms.